The van der Waals surface area contributed by atoms with Crippen molar-refractivity contribution in [1.82, 2.24) is 0 Å². The molecule has 0 aliphatic heterocycles. The number of carboxylic acids is 1. The average Bonchev–Trinajstić information content (AvgIpc) is 2.28. The van der Waals surface area contributed by atoms with Gasteiger partial charge in [0, 0.05) is 0 Å². The van der Waals surface area contributed by atoms with Gasteiger partial charge in [-0.15, -0.1) is 0 Å². The Hall–Kier alpha value is -1.61. The molecule has 1 aromatic rings. The molecular formula is C15H20O3. The molecular weight excluding hydrogens is 228 g/mol. The number of carbonyl (C=O) groups is 1. The van der Waals surface area contributed by atoms with E-state index in [1.54, 1.807) is 13.0 Å². The van der Waals surface area contributed by atoms with Crippen LogP contribution < -0.4 is 0 Å². The molecule has 1 aromatic carbocycles. The number of rotatable bonds is 5. The lowest BCUT2D eigenvalue weighted by Crippen LogP contribution is -2.36. The Labute approximate surface area is 108 Å². The number of allylic oxidation sites excluding steroid dienone is 1. The zero-order valence-corrected chi connectivity index (χ0v) is 11.4. The lowest BCUT2D eigenvalue weighted by atomic mass is 9.90. The number of hydrogen-bond acceptors (Lipinski definition) is 2. The Kier molecular flexibility index (Phi) is 4.68. The molecule has 18 heavy (non-hydrogen) atoms. The minimum absolute atomic E-state index is 0.284. The smallest absolute Gasteiger partial charge is 0.340 e. The van der Waals surface area contributed by atoms with Gasteiger partial charge in [-0.1, -0.05) is 35.9 Å². The average molecular weight is 248 g/mol. The van der Waals surface area contributed by atoms with Crippen LogP contribution in [0, 0.1) is 13.8 Å². The predicted molar refractivity (Wildman–Crippen MR) is 71.7 cm³/mol. The molecule has 0 saturated carbocycles. The summed E-state index contributed by atoms with van der Waals surface area (Å²) in [5.41, 5.74) is 1.43. The van der Waals surface area contributed by atoms with Gasteiger partial charge in [-0.2, -0.15) is 0 Å². The summed E-state index contributed by atoms with van der Waals surface area (Å²) in [5, 5.41) is 9.43. The lowest BCUT2D eigenvalue weighted by Gasteiger charge is -2.27. The van der Waals surface area contributed by atoms with E-state index < -0.39 is 11.6 Å². The lowest BCUT2D eigenvalue weighted by molar-refractivity contribution is -0.163. The van der Waals surface area contributed by atoms with Gasteiger partial charge in [0.05, 0.1) is 6.61 Å². The van der Waals surface area contributed by atoms with E-state index in [0.29, 0.717) is 5.56 Å². The van der Waals surface area contributed by atoms with Crippen LogP contribution in [0.5, 0.6) is 0 Å². The normalized spacial score (nSPS) is 14.7. The van der Waals surface area contributed by atoms with Crippen LogP contribution in [0.1, 0.15) is 30.5 Å². The van der Waals surface area contributed by atoms with Crippen molar-refractivity contribution in [1.29, 1.82) is 0 Å². The zero-order valence-electron chi connectivity index (χ0n) is 11.4. The molecule has 0 fully saturated rings. The first kappa shape index (κ1) is 14.5. The van der Waals surface area contributed by atoms with Gasteiger partial charge in [0.1, 0.15) is 0 Å². The molecule has 3 nitrogen and oxygen atoms in total. The van der Waals surface area contributed by atoms with Gasteiger partial charge in [0.15, 0.2) is 5.60 Å². The number of hydrogen-bond donors (Lipinski definition) is 1. The summed E-state index contributed by atoms with van der Waals surface area (Å²) in [4.78, 5) is 11.5. The number of aryl methyl sites for hydroxylation is 2. The van der Waals surface area contributed by atoms with Gasteiger partial charge in [-0.3, -0.25) is 0 Å². The molecule has 0 heterocycles. The SMILES string of the molecule is CC=CCOC(C)(C(=O)O)c1ccc(C)cc1C. The summed E-state index contributed by atoms with van der Waals surface area (Å²) in [6.07, 6.45) is 3.63. The van der Waals surface area contributed by atoms with Gasteiger partial charge >= 0.3 is 5.97 Å². The minimum Gasteiger partial charge on any atom is -0.479 e. The van der Waals surface area contributed by atoms with Crippen molar-refractivity contribution in [3.8, 4) is 0 Å². The summed E-state index contributed by atoms with van der Waals surface area (Å²) in [6.45, 7) is 7.64. The molecule has 0 aromatic heterocycles. The Bertz CT molecular complexity index is 463. The maximum absolute atomic E-state index is 11.5. The van der Waals surface area contributed by atoms with Crippen molar-refractivity contribution in [2.75, 3.05) is 6.61 Å². The summed E-state index contributed by atoms with van der Waals surface area (Å²) in [6, 6.07) is 5.70. The third-order valence-corrected chi connectivity index (χ3v) is 3.01. The highest BCUT2D eigenvalue weighted by molar-refractivity contribution is 5.79. The molecule has 0 aliphatic rings. The van der Waals surface area contributed by atoms with Crippen LogP contribution in [0.3, 0.4) is 0 Å². The van der Waals surface area contributed by atoms with E-state index in [9.17, 15) is 9.90 Å². The van der Waals surface area contributed by atoms with Gasteiger partial charge in [0.2, 0.25) is 0 Å². The van der Waals surface area contributed by atoms with Crippen molar-refractivity contribution < 1.29 is 14.6 Å². The quantitative estimate of drug-likeness (QED) is 0.814. The fraction of sp³-hybridized carbons (Fsp3) is 0.400. The van der Waals surface area contributed by atoms with Crippen molar-refractivity contribution in [2.24, 2.45) is 0 Å². The molecule has 98 valence electrons. The second kappa shape index (κ2) is 5.83. The second-order valence-corrected chi connectivity index (χ2v) is 4.54. The summed E-state index contributed by atoms with van der Waals surface area (Å²) >= 11 is 0. The topological polar surface area (TPSA) is 46.5 Å². The van der Waals surface area contributed by atoms with Gasteiger partial charge < -0.3 is 9.84 Å². The molecule has 0 spiro atoms. The third kappa shape index (κ3) is 2.99. The molecule has 0 saturated heterocycles. The van der Waals surface area contributed by atoms with E-state index in [0.717, 1.165) is 11.1 Å². The molecule has 0 bridgehead atoms. The molecule has 3 heteroatoms. The first-order valence-corrected chi connectivity index (χ1v) is 5.98. The predicted octanol–water partition coefficient (Wildman–Crippen LogP) is 3.20. The van der Waals surface area contributed by atoms with Crippen molar-refractivity contribution in [3.05, 3.63) is 47.0 Å². The maximum Gasteiger partial charge on any atom is 0.340 e. The fourth-order valence-electron chi connectivity index (χ4n) is 1.91. The van der Waals surface area contributed by atoms with Crippen molar-refractivity contribution in [3.63, 3.8) is 0 Å². The molecule has 1 atom stereocenters. The zero-order chi connectivity index (χ0) is 13.8. The molecule has 0 aliphatic carbocycles. The van der Waals surface area contributed by atoms with Crippen LogP contribution >= 0.6 is 0 Å². The van der Waals surface area contributed by atoms with Gasteiger partial charge in [-0.25, -0.2) is 4.79 Å². The summed E-state index contributed by atoms with van der Waals surface area (Å²) < 4.78 is 5.55. The van der Waals surface area contributed by atoms with Crippen LogP contribution in [-0.4, -0.2) is 17.7 Å². The highest BCUT2D eigenvalue weighted by Gasteiger charge is 2.37. The van der Waals surface area contributed by atoms with E-state index in [1.807, 2.05) is 45.0 Å². The molecule has 1 N–H and O–H groups in total. The van der Waals surface area contributed by atoms with Crippen LogP contribution in [0.2, 0.25) is 0 Å². The largest absolute Gasteiger partial charge is 0.479 e. The summed E-state index contributed by atoms with van der Waals surface area (Å²) in [7, 11) is 0. The van der Waals surface area contributed by atoms with Gasteiger partial charge in [-0.05, 0) is 38.8 Å². The van der Waals surface area contributed by atoms with E-state index in [4.69, 9.17) is 4.74 Å². The first-order valence-electron chi connectivity index (χ1n) is 5.98. The Morgan fingerprint density at radius 3 is 2.61 bits per heavy atom. The van der Waals surface area contributed by atoms with Crippen molar-refractivity contribution in [2.45, 2.75) is 33.3 Å². The maximum atomic E-state index is 11.5. The number of ether oxygens (including phenoxy) is 1. The Balaban J connectivity index is 3.14. The number of carboxylic acid groups (broad SMARTS) is 1. The molecule has 1 unspecified atom stereocenters. The van der Waals surface area contributed by atoms with E-state index in [1.165, 1.54) is 0 Å². The third-order valence-electron chi connectivity index (χ3n) is 3.01. The first-order chi connectivity index (χ1) is 8.41. The van der Waals surface area contributed by atoms with Crippen LogP contribution in [0.4, 0.5) is 0 Å². The van der Waals surface area contributed by atoms with Crippen molar-refractivity contribution >= 4 is 5.97 Å². The second-order valence-electron chi connectivity index (χ2n) is 4.54. The Morgan fingerprint density at radius 2 is 2.11 bits per heavy atom. The van der Waals surface area contributed by atoms with E-state index in [-0.39, 0.29) is 6.61 Å². The highest BCUT2D eigenvalue weighted by atomic mass is 16.5. The van der Waals surface area contributed by atoms with Crippen LogP contribution in [0.25, 0.3) is 0 Å². The standard InChI is InChI=1S/C15H20O3/c1-5-6-9-18-15(4,14(16)17)13-8-7-11(2)10-12(13)3/h5-8,10H,9H2,1-4H3,(H,16,17). The van der Waals surface area contributed by atoms with Crippen LogP contribution in [-0.2, 0) is 15.1 Å². The van der Waals surface area contributed by atoms with E-state index >= 15 is 0 Å². The van der Waals surface area contributed by atoms with E-state index in [2.05, 4.69) is 0 Å². The molecule has 0 amide bonds. The molecule has 0 radical (unpaired) electrons. The molecule has 1 rings (SSSR count). The van der Waals surface area contributed by atoms with Gasteiger partial charge in [0.25, 0.3) is 0 Å². The monoisotopic (exact) mass is 248 g/mol. The Morgan fingerprint density at radius 1 is 1.44 bits per heavy atom. The minimum atomic E-state index is -1.31. The summed E-state index contributed by atoms with van der Waals surface area (Å²) in [5.74, 6) is -0.973. The fourth-order valence-corrected chi connectivity index (χ4v) is 1.91. The van der Waals surface area contributed by atoms with Crippen LogP contribution in [0.15, 0.2) is 30.4 Å². The highest BCUT2D eigenvalue weighted by Crippen LogP contribution is 2.29. The number of benzene rings is 1. The number of aliphatic carboxylic acids is 1.